The van der Waals surface area contributed by atoms with E-state index in [4.69, 9.17) is 23.9 Å². The topological polar surface area (TPSA) is 239 Å². The Kier molecular flexibility index (Phi) is 16.1. The summed E-state index contributed by atoms with van der Waals surface area (Å²) >= 11 is 0. The van der Waals surface area contributed by atoms with Crippen molar-refractivity contribution in [3.63, 3.8) is 0 Å². The molecule has 5 aliphatic heterocycles. The predicted molar refractivity (Wildman–Crippen MR) is 300 cm³/mol. The van der Waals surface area contributed by atoms with Crippen LogP contribution in [0.3, 0.4) is 0 Å². The largest absolute Gasteiger partial charge is 0.493 e. The van der Waals surface area contributed by atoms with Crippen molar-refractivity contribution in [2.45, 2.75) is 89.8 Å². The number of methoxy groups -OCH3 is 2. The maximum absolute atomic E-state index is 14.1. The summed E-state index contributed by atoms with van der Waals surface area (Å²) in [6, 6.07) is 25.4. The number of para-hydroxylation sites is 2. The number of carbonyl (C=O) groups excluding carboxylic acids is 7. The number of ether oxygens (including phenoxy) is 4. The van der Waals surface area contributed by atoms with E-state index in [2.05, 4.69) is 26.6 Å². The highest BCUT2D eigenvalue weighted by atomic mass is 16.5. The molecule has 0 saturated heterocycles. The number of hydrogen-bond donors (Lipinski definition) is 5. The third-order valence-corrected chi connectivity index (χ3v) is 14.8. The normalized spacial score (nSPS) is 17.1. The van der Waals surface area contributed by atoms with Crippen molar-refractivity contribution in [3.05, 3.63) is 137 Å². The minimum Gasteiger partial charge on any atom is -0.493 e. The van der Waals surface area contributed by atoms with Gasteiger partial charge in [-0.25, -0.2) is 0 Å². The minimum atomic E-state index is -1.04. The van der Waals surface area contributed by atoms with Crippen LogP contribution in [0, 0.1) is 0 Å². The SMILES string of the molecule is COc1cc2c(cc1OCc1cc(COc3cc4c(cc3OC)C(=O)N3c5ccccc5C[C@H]3CN4)cc(NC(=O)[C@H](C)NC(=O)[C@H](C)NC(=O)CCCCC(=O)NCCN3CC=CC3=O)c1)N=C[C@@H]1Cc3ccccc3N1C2=O. The number of amides is 7. The van der Waals surface area contributed by atoms with Crippen molar-refractivity contribution in [1.29, 1.82) is 0 Å². The monoisotopic (exact) mass is 1090 g/mol. The lowest BCUT2D eigenvalue weighted by molar-refractivity contribution is -0.130. The van der Waals surface area contributed by atoms with Crippen LogP contribution < -0.4 is 55.3 Å². The van der Waals surface area contributed by atoms with Gasteiger partial charge in [0.25, 0.3) is 11.8 Å². The van der Waals surface area contributed by atoms with Gasteiger partial charge in [-0.2, -0.15) is 0 Å². The lowest BCUT2D eigenvalue weighted by Gasteiger charge is -2.22. The van der Waals surface area contributed by atoms with Crippen LogP contribution >= 0.6 is 0 Å². The van der Waals surface area contributed by atoms with E-state index in [9.17, 15) is 33.6 Å². The van der Waals surface area contributed by atoms with Crippen LogP contribution in [0.4, 0.5) is 28.4 Å². The molecule has 80 heavy (non-hydrogen) atoms. The number of anilines is 4. The molecule has 414 valence electrons. The predicted octanol–water partition coefficient (Wildman–Crippen LogP) is 6.17. The molecule has 5 aromatic carbocycles. The Balaban J connectivity index is 0.809. The van der Waals surface area contributed by atoms with E-state index in [-0.39, 0.29) is 67.7 Å². The molecule has 5 heterocycles. The molecule has 0 fully saturated rings. The molecule has 0 aliphatic carbocycles. The van der Waals surface area contributed by atoms with Crippen molar-refractivity contribution in [2.24, 2.45) is 4.99 Å². The van der Waals surface area contributed by atoms with Gasteiger partial charge >= 0.3 is 0 Å². The molecule has 0 spiro atoms. The number of carbonyl (C=O) groups is 7. The molecule has 7 amide bonds. The van der Waals surface area contributed by atoms with Gasteiger partial charge in [0.2, 0.25) is 29.5 Å². The van der Waals surface area contributed by atoms with Crippen LogP contribution in [0.15, 0.2) is 108 Å². The Morgan fingerprint density at radius 1 is 0.700 bits per heavy atom. The fourth-order valence-electron chi connectivity index (χ4n) is 10.6. The molecule has 5 aromatic rings. The van der Waals surface area contributed by atoms with Crippen molar-refractivity contribution in [2.75, 3.05) is 60.8 Å². The van der Waals surface area contributed by atoms with Gasteiger partial charge in [0.1, 0.15) is 25.3 Å². The van der Waals surface area contributed by atoms with E-state index in [0.717, 1.165) is 28.9 Å². The van der Waals surface area contributed by atoms with Crippen molar-refractivity contribution in [3.8, 4) is 23.0 Å². The molecule has 0 unspecified atom stereocenters. The zero-order valence-electron chi connectivity index (χ0n) is 45.0. The maximum Gasteiger partial charge on any atom is 0.261 e. The molecular weight excluding hydrogens is 1020 g/mol. The van der Waals surface area contributed by atoms with Gasteiger partial charge in [0.05, 0.1) is 48.8 Å². The van der Waals surface area contributed by atoms with Crippen LogP contribution in [-0.4, -0.2) is 117 Å². The summed E-state index contributed by atoms with van der Waals surface area (Å²) in [7, 11) is 3.00. The summed E-state index contributed by atoms with van der Waals surface area (Å²) in [6.45, 7) is 4.80. The zero-order chi connectivity index (χ0) is 56.0. The molecule has 10 rings (SSSR count). The van der Waals surface area contributed by atoms with E-state index < -0.39 is 23.9 Å². The summed E-state index contributed by atoms with van der Waals surface area (Å²) in [6.07, 6.45) is 7.59. The Morgan fingerprint density at radius 3 is 2.01 bits per heavy atom. The first kappa shape index (κ1) is 54.2. The van der Waals surface area contributed by atoms with Gasteiger partial charge in [-0.1, -0.05) is 42.5 Å². The van der Waals surface area contributed by atoms with Crippen LogP contribution in [0.1, 0.15) is 82.5 Å². The first-order valence-electron chi connectivity index (χ1n) is 26.8. The number of fused-ring (bicyclic) bond motifs is 8. The Hall–Kier alpha value is -9.20. The summed E-state index contributed by atoms with van der Waals surface area (Å²) in [5, 5.41) is 14.5. The molecule has 20 heteroatoms. The second-order valence-electron chi connectivity index (χ2n) is 20.3. The number of aliphatic imine (C=N–C) groups is 1. The van der Waals surface area contributed by atoms with Gasteiger partial charge in [-0.3, -0.25) is 43.5 Å². The molecule has 0 saturated carbocycles. The molecule has 5 N–H and O–H groups in total. The lowest BCUT2D eigenvalue weighted by Crippen LogP contribution is -2.50. The average molecular weight is 1090 g/mol. The fraction of sp³-hybridized carbons (Fsp3) is 0.333. The van der Waals surface area contributed by atoms with Gasteiger partial charge in [0.15, 0.2) is 23.0 Å². The highest BCUT2D eigenvalue weighted by Gasteiger charge is 2.39. The summed E-state index contributed by atoms with van der Waals surface area (Å²) in [5.41, 5.74) is 7.33. The van der Waals surface area contributed by atoms with E-state index in [1.54, 1.807) is 58.5 Å². The Labute approximate surface area is 462 Å². The van der Waals surface area contributed by atoms with Gasteiger partial charge in [-0.05, 0) is 97.8 Å². The zero-order valence-corrected chi connectivity index (χ0v) is 45.0. The highest BCUT2D eigenvalue weighted by molar-refractivity contribution is 6.15. The molecule has 20 nitrogen and oxygen atoms in total. The molecular formula is C60H63N9O11. The van der Waals surface area contributed by atoms with Crippen molar-refractivity contribution >= 4 is 76.0 Å². The van der Waals surface area contributed by atoms with Gasteiger partial charge < -0.3 is 55.3 Å². The number of benzene rings is 5. The quantitative estimate of drug-likeness (QED) is 0.0519. The molecule has 4 atom stereocenters. The van der Waals surface area contributed by atoms with Crippen LogP contribution in [-0.2, 0) is 50.0 Å². The average Bonchev–Trinajstić information content (AvgIpc) is 4.14. The van der Waals surface area contributed by atoms with E-state index in [1.165, 1.54) is 34.1 Å². The van der Waals surface area contributed by atoms with E-state index >= 15 is 0 Å². The standard InChI is InChI=1S/C60H63N9O11/c1-35(64-55(71)17-10-9-16-54(70)61-19-21-67-20-11-18-56(67)72)57(73)65-36(2)58(74)66-41-23-37(33-79-52-29-46-44(27-50(52)77-3)59(75)68-42(31-62-46)25-39-12-5-7-14-48(39)68)22-38(24-41)34-80-53-30-47-45(28-51(53)78-4)60(76)69-43(32-63-47)26-40-13-6-8-15-49(40)69/h5-8,11-15,18,22-24,27-31,35-36,42-43,63H,9-10,16-17,19-21,25-26,32-34H2,1-4H3,(H,61,70)(H,64,71)(H,65,73)(H,66,74)/t35-,36-,42-,43-/m0/s1. The van der Waals surface area contributed by atoms with E-state index in [1.807, 2.05) is 59.5 Å². The minimum absolute atomic E-state index is 0.0153. The number of rotatable bonds is 21. The second-order valence-corrected chi connectivity index (χ2v) is 20.3. The Bertz CT molecular complexity index is 3340. The molecule has 0 aromatic heterocycles. The van der Waals surface area contributed by atoms with Crippen LogP contribution in [0.5, 0.6) is 23.0 Å². The van der Waals surface area contributed by atoms with Crippen molar-refractivity contribution in [1.82, 2.24) is 20.9 Å². The molecule has 0 radical (unpaired) electrons. The number of nitrogens with one attached hydrogen (secondary N) is 5. The summed E-state index contributed by atoms with van der Waals surface area (Å²) in [5.74, 6) is -0.753. The summed E-state index contributed by atoms with van der Waals surface area (Å²) in [4.78, 5) is 102. The maximum atomic E-state index is 14.1. The Morgan fingerprint density at radius 2 is 1.32 bits per heavy atom. The smallest absolute Gasteiger partial charge is 0.261 e. The lowest BCUT2D eigenvalue weighted by atomic mass is 10.1. The van der Waals surface area contributed by atoms with E-state index in [0.29, 0.717) is 108 Å². The highest BCUT2D eigenvalue weighted by Crippen LogP contribution is 2.43. The number of nitrogens with zero attached hydrogens (tertiary/aromatic N) is 4. The van der Waals surface area contributed by atoms with Gasteiger partial charge in [0, 0.05) is 86.9 Å². The third kappa shape index (κ3) is 11.8. The first-order chi connectivity index (χ1) is 38.7. The number of unbranched alkanes of at least 4 members (excludes halogenated alkanes) is 1. The molecule has 0 bridgehead atoms. The van der Waals surface area contributed by atoms with Crippen LogP contribution in [0.25, 0.3) is 0 Å². The first-order valence-corrected chi connectivity index (χ1v) is 26.8. The second kappa shape index (κ2) is 23.8. The molecule has 5 aliphatic rings. The van der Waals surface area contributed by atoms with Crippen LogP contribution in [0.2, 0.25) is 0 Å². The van der Waals surface area contributed by atoms with Gasteiger partial charge in [-0.15, -0.1) is 0 Å². The van der Waals surface area contributed by atoms with Crippen molar-refractivity contribution < 1.29 is 52.5 Å². The summed E-state index contributed by atoms with van der Waals surface area (Å²) < 4.78 is 24.5. The number of hydrogen-bond acceptors (Lipinski definition) is 13. The third-order valence-electron chi connectivity index (χ3n) is 14.8. The fourth-order valence-corrected chi connectivity index (χ4v) is 10.6.